The number of anilines is 1. The molecule has 0 atom stereocenters. The Kier molecular flexibility index (Phi) is 4.57. The summed E-state index contributed by atoms with van der Waals surface area (Å²) in [6.45, 7) is 6.70. The van der Waals surface area contributed by atoms with E-state index >= 15 is 0 Å². The van der Waals surface area contributed by atoms with Crippen LogP contribution in [0.3, 0.4) is 0 Å². The van der Waals surface area contributed by atoms with Gasteiger partial charge in [-0.1, -0.05) is 0 Å². The molecule has 1 aromatic heterocycles. The molecular weight excluding hydrogens is 221 g/mol. The molecule has 0 aromatic carbocycles. The van der Waals surface area contributed by atoms with Crippen molar-refractivity contribution in [2.45, 2.75) is 32.7 Å². The molecule has 94 valence electrons. The maximum absolute atomic E-state index is 12.6. The molecule has 1 amide bonds. The number of nitrogens with one attached hydrogen (secondary N) is 2. The zero-order valence-electron chi connectivity index (χ0n) is 10.4. The lowest BCUT2D eigenvalue weighted by Crippen LogP contribution is -2.37. The quantitative estimate of drug-likeness (QED) is 0.844. The van der Waals surface area contributed by atoms with Gasteiger partial charge in [-0.2, -0.15) is 0 Å². The van der Waals surface area contributed by atoms with Gasteiger partial charge in [0.1, 0.15) is 11.6 Å². The number of pyridine rings is 1. The molecule has 0 aliphatic rings. The van der Waals surface area contributed by atoms with Crippen LogP contribution in [0.2, 0.25) is 0 Å². The summed E-state index contributed by atoms with van der Waals surface area (Å²) in [6.07, 6.45) is 1.43. The molecule has 1 heterocycles. The van der Waals surface area contributed by atoms with E-state index in [2.05, 4.69) is 15.6 Å². The van der Waals surface area contributed by atoms with Gasteiger partial charge in [-0.05, 0) is 32.9 Å². The normalized spacial score (nSPS) is 11.3. The topological polar surface area (TPSA) is 54.0 Å². The summed E-state index contributed by atoms with van der Waals surface area (Å²) in [5.74, 6) is -0.189. The Morgan fingerprint density at radius 3 is 2.65 bits per heavy atom. The lowest BCUT2D eigenvalue weighted by atomic mass is 10.1. The van der Waals surface area contributed by atoms with Crippen LogP contribution in [0.1, 0.15) is 27.2 Å². The molecule has 0 aliphatic carbocycles. The molecule has 0 unspecified atom stereocenters. The number of aromatic nitrogens is 1. The number of nitrogens with zero attached hydrogens (tertiary/aromatic N) is 1. The SMILES string of the molecule is CC(C)(C)NCCC(=O)Nc1ccc(F)cn1. The molecule has 1 aromatic rings. The Morgan fingerprint density at radius 2 is 2.12 bits per heavy atom. The van der Waals surface area contributed by atoms with Gasteiger partial charge in [0.05, 0.1) is 6.20 Å². The molecule has 0 fully saturated rings. The second kappa shape index (κ2) is 5.72. The van der Waals surface area contributed by atoms with E-state index < -0.39 is 5.82 Å². The van der Waals surface area contributed by atoms with Gasteiger partial charge < -0.3 is 10.6 Å². The van der Waals surface area contributed by atoms with E-state index in [1.54, 1.807) is 0 Å². The van der Waals surface area contributed by atoms with Gasteiger partial charge in [-0.3, -0.25) is 4.79 Å². The van der Waals surface area contributed by atoms with Crippen molar-refractivity contribution >= 4 is 11.7 Å². The van der Waals surface area contributed by atoms with Gasteiger partial charge in [-0.15, -0.1) is 0 Å². The Morgan fingerprint density at radius 1 is 1.41 bits per heavy atom. The van der Waals surface area contributed by atoms with Crippen LogP contribution in [0.5, 0.6) is 0 Å². The van der Waals surface area contributed by atoms with Crippen LogP contribution in [0, 0.1) is 5.82 Å². The molecule has 0 aliphatic heterocycles. The Hall–Kier alpha value is -1.49. The van der Waals surface area contributed by atoms with Crippen LogP contribution in [-0.4, -0.2) is 23.0 Å². The Labute approximate surface area is 101 Å². The van der Waals surface area contributed by atoms with Crippen LogP contribution in [-0.2, 0) is 4.79 Å². The minimum atomic E-state index is -0.419. The Balaban J connectivity index is 2.32. The fourth-order valence-electron chi connectivity index (χ4n) is 1.21. The molecule has 2 N–H and O–H groups in total. The summed E-state index contributed by atoms with van der Waals surface area (Å²) >= 11 is 0. The summed E-state index contributed by atoms with van der Waals surface area (Å²) in [5, 5.41) is 5.81. The van der Waals surface area contributed by atoms with E-state index in [4.69, 9.17) is 0 Å². The van der Waals surface area contributed by atoms with Crippen molar-refractivity contribution < 1.29 is 9.18 Å². The van der Waals surface area contributed by atoms with Crippen molar-refractivity contribution in [1.29, 1.82) is 0 Å². The first-order chi connectivity index (χ1) is 7.87. The second-order valence-electron chi connectivity index (χ2n) is 4.84. The number of rotatable bonds is 4. The predicted molar refractivity (Wildman–Crippen MR) is 65.2 cm³/mol. The minimum absolute atomic E-state index is 0.00555. The number of carbonyl (C=O) groups excluding carboxylic acids is 1. The maximum atomic E-state index is 12.6. The number of hydrogen-bond acceptors (Lipinski definition) is 3. The Bertz CT molecular complexity index is 370. The first kappa shape index (κ1) is 13.6. The van der Waals surface area contributed by atoms with Gasteiger partial charge in [0.25, 0.3) is 0 Å². The summed E-state index contributed by atoms with van der Waals surface area (Å²) in [5.41, 5.74) is -0.00555. The molecule has 4 nitrogen and oxygen atoms in total. The van der Waals surface area contributed by atoms with Crippen molar-refractivity contribution in [2.75, 3.05) is 11.9 Å². The molecule has 17 heavy (non-hydrogen) atoms. The van der Waals surface area contributed by atoms with Gasteiger partial charge in [-0.25, -0.2) is 9.37 Å². The first-order valence-corrected chi connectivity index (χ1v) is 5.53. The highest BCUT2D eigenvalue weighted by atomic mass is 19.1. The predicted octanol–water partition coefficient (Wildman–Crippen LogP) is 1.94. The molecule has 0 saturated heterocycles. The van der Waals surface area contributed by atoms with Gasteiger partial charge in [0, 0.05) is 18.5 Å². The van der Waals surface area contributed by atoms with Crippen molar-refractivity contribution in [2.24, 2.45) is 0 Å². The zero-order valence-corrected chi connectivity index (χ0v) is 10.4. The molecular formula is C12H18FN3O. The van der Waals surface area contributed by atoms with Crippen LogP contribution < -0.4 is 10.6 Å². The second-order valence-corrected chi connectivity index (χ2v) is 4.84. The highest BCUT2D eigenvalue weighted by molar-refractivity contribution is 5.89. The highest BCUT2D eigenvalue weighted by Gasteiger charge is 2.09. The summed E-state index contributed by atoms with van der Waals surface area (Å²) in [4.78, 5) is 15.2. The first-order valence-electron chi connectivity index (χ1n) is 5.53. The molecule has 1 rings (SSSR count). The van der Waals surface area contributed by atoms with Gasteiger partial charge in [0.2, 0.25) is 5.91 Å². The molecule has 0 radical (unpaired) electrons. The number of carbonyl (C=O) groups is 1. The van der Waals surface area contributed by atoms with Crippen molar-refractivity contribution in [3.8, 4) is 0 Å². The van der Waals surface area contributed by atoms with Crippen LogP contribution in [0.4, 0.5) is 10.2 Å². The standard InChI is InChI=1S/C12H18FN3O/c1-12(2,3)15-7-6-11(17)16-10-5-4-9(13)8-14-10/h4-5,8,15H,6-7H2,1-3H3,(H,14,16,17). The maximum Gasteiger partial charge on any atom is 0.226 e. The van der Waals surface area contributed by atoms with Crippen molar-refractivity contribution in [3.05, 3.63) is 24.1 Å². The summed E-state index contributed by atoms with van der Waals surface area (Å²) in [7, 11) is 0. The zero-order chi connectivity index (χ0) is 12.9. The molecule has 0 bridgehead atoms. The average Bonchev–Trinajstić information content (AvgIpc) is 2.19. The number of hydrogen-bond donors (Lipinski definition) is 2. The third-order valence-corrected chi connectivity index (χ3v) is 2.00. The average molecular weight is 239 g/mol. The van der Waals surface area contributed by atoms with Crippen LogP contribution >= 0.6 is 0 Å². The fraction of sp³-hybridized carbons (Fsp3) is 0.500. The van der Waals surface area contributed by atoms with E-state index in [1.807, 2.05) is 20.8 Å². The van der Waals surface area contributed by atoms with E-state index in [9.17, 15) is 9.18 Å². The molecule has 0 saturated carbocycles. The van der Waals surface area contributed by atoms with Gasteiger partial charge in [0.15, 0.2) is 0 Å². The monoisotopic (exact) mass is 239 g/mol. The van der Waals surface area contributed by atoms with Crippen molar-refractivity contribution in [3.63, 3.8) is 0 Å². The van der Waals surface area contributed by atoms with Crippen molar-refractivity contribution in [1.82, 2.24) is 10.3 Å². The third kappa shape index (κ3) is 5.97. The van der Waals surface area contributed by atoms with Crippen LogP contribution in [0.15, 0.2) is 18.3 Å². The minimum Gasteiger partial charge on any atom is -0.312 e. The number of amides is 1. The van der Waals surface area contributed by atoms with E-state index in [0.29, 0.717) is 18.8 Å². The lowest BCUT2D eigenvalue weighted by Gasteiger charge is -2.20. The lowest BCUT2D eigenvalue weighted by molar-refractivity contribution is -0.116. The fourth-order valence-corrected chi connectivity index (χ4v) is 1.21. The third-order valence-electron chi connectivity index (χ3n) is 2.00. The number of halogens is 1. The molecule has 0 spiro atoms. The summed E-state index contributed by atoms with van der Waals surface area (Å²) < 4.78 is 12.6. The van der Waals surface area contributed by atoms with Gasteiger partial charge >= 0.3 is 0 Å². The smallest absolute Gasteiger partial charge is 0.226 e. The largest absolute Gasteiger partial charge is 0.312 e. The van der Waals surface area contributed by atoms with E-state index in [0.717, 1.165) is 6.20 Å². The van der Waals surface area contributed by atoms with E-state index in [-0.39, 0.29) is 11.4 Å². The summed E-state index contributed by atoms with van der Waals surface area (Å²) in [6, 6.07) is 2.69. The molecule has 5 heteroatoms. The van der Waals surface area contributed by atoms with E-state index in [1.165, 1.54) is 12.1 Å². The van der Waals surface area contributed by atoms with Crippen LogP contribution in [0.25, 0.3) is 0 Å². The highest BCUT2D eigenvalue weighted by Crippen LogP contribution is 2.04.